The summed E-state index contributed by atoms with van der Waals surface area (Å²) in [4.78, 5) is 0. The summed E-state index contributed by atoms with van der Waals surface area (Å²) in [5.41, 5.74) is 0. The SMILES string of the molecule is C[CH]CCCCCNS(C)(=O)=O. The molecule has 0 fully saturated rings. The van der Waals surface area contributed by atoms with Crippen molar-refractivity contribution in [2.45, 2.75) is 32.6 Å². The zero-order valence-electron chi connectivity index (χ0n) is 7.84. The Morgan fingerprint density at radius 3 is 2.42 bits per heavy atom. The van der Waals surface area contributed by atoms with E-state index in [0.29, 0.717) is 6.54 Å². The first-order valence-corrected chi connectivity index (χ1v) is 6.18. The van der Waals surface area contributed by atoms with E-state index >= 15 is 0 Å². The summed E-state index contributed by atoms with van der Waals surface area (Å²) in [6.45, 7) is 2.61. The predicted octanol–water partition coefficient (Wildman–Crippen LogP) is 1.32. The van der Waals surface area contributed by atoms with Gasteiger partial charge in [0.25, 0.3) is 0 Å². The minimum absolute atomic E-state index is 0.572. The van der Waals surface area contributed by atoms with Crippen molar-refractivity contribution in [3.05, 3.63) is 6.42 Å². The monoisotopic (exact) mass is 192 g/mol. The molecule has 0 rings (SSSR count). The minimum Gasteiger partial charge on any atom is -0.215 e. The van der Waals surface area contributed by atoms with Gasteiger partial charge in [-0.1, -0.05) is 26.2 Å². The van der Waals surface area contributed by atoms with Gasteiger partial charge in [0.15, 0.2) is 0 Å². The van der Waals surface area contributed by atoms with E-state index in [1.54, 1.807) is 0 Å². The maximum Gasteiger partial charge on any atom is 0.208 e. The molecular weight excluding hydrogens is 174 g/mol. The van der Waals surface area contributed by atoms with Gasteiger partial charge in [-0.25, -0.2) is 13.1 Å². The van der Waals surface area contributed by atoms with E-state index in [1.807, 2.05) is 6.92 Å². The Morgan fingerprint density at radius 2 is 1.92 bits per heavy atom. The van der Waals surface area contributed by atoms with Gasteiger partial charge in [0.1, 0.15) is 0 Å². The summed E-state index contributed by atoms with van der Waals surface area (Å²) in [5, 5.41) is 0. The lowest BCUT2D eigenvalue weighted by atomic mass is 10.2. The van der Waals surface area contributed by atoms with Crippen LogP contribution in [0.5, 0.6) is 0 Å². The van der Waals surface area contributed by atoms with E-state index in [0.717, 1.165) is 25.7 Å². The van der Waals surface area contributed by atoms with Crippen LogP contribution in [0.1, 0.15) is 32.6 Å². The highest BCUT2D eigenvalue weighted by atomic mass is 32.2. The van der Waals surface area contributed by atoms with Crippen molar-refractivity contribution in [3.63, 3.8) is 0 Å². The molecule has 0 aromatic heterocycles. The van der Waals surface area contributed by atoms with Crippen molar-refractivity contribution < 1.29 is 8.42 Å². The zero-order chi connectivity index (χ0) is 9.45. The lowest BCUT2D eigenvalue weighted by Gasteiger charge is -2.01. The summed E-state index contributed by atoms with van der Waals surface area (Å²) >= 11 is 0. The number of nitrogens with one attached hydrogen (secondary N) is 1. The van der Waals surface area contributed by atoms with Gasteiger partial charge in [-0.15, -0.1) is 0 Å². The number of hydrogen-bond donors (Lipinski definition) is 1. The molecule has 0 bridgehead atoms. The lowest BCUT2D eigenvalue weighted by Crippen LogP contribution is -2.22. The third kappa shape index (κ3) is 9.91. The van der Waals surface area contributed by atoms with Crippen LogP contribution in [-0.4, -0.2) is 21.2 Å². The first kappa shape index (κ1) is 11.9. The lowest BCUT2D eigenvalue weighted by molar-refractivity contribution is 0.580. The molecule has 4 heteroatoms. The summed E-state index contributed by atoms with van der Waals surface area (Å²) in [5.74, 6) is 0. The smallest absolute Gasteiger partial charge is 0.208 e. The molecule has 0 atom stereocenters. The van der Waals surface area contributed by atoms with E-state index in [4.69, 9.17) is 0 Å². The van der Waals surface area contributed by atoms with Gasteiger partial charge >= 0.3 is 0 Å². The molecule has 3 nitrogen and oxygen atoms in total. The fourth-order valence-electron chi connectivity index (χ4n) is 0.908. The molecule has 1 radical (unpaired) electrons. The standard InChI is InChI=1S/C8H18NO2S/c1-3-4-5-6-7-8-9-12(2,10)11/h3,9H,4-8H2,1-2H3. The number of hydrogen-bond acceptors (Lipinski definition) is 2. The van der Waals surface area contributed by atoms with E-state index < -0.39 is 10.0 Å². The molecule has 73 valence electrons. The van der Waals surface area contributed by atoms with E-state index in [2.05, 4.69) is 11.1 Å². The van der Waals surface area contributed by atoms with Gasteiger partial charge in [-0.05, 0) is 12.8 Å². The van der Waals surface area contributed by atoms with Gasteiger partial charge in [0.2, 0.25) is 10.0 Å². The van der Waals surface area contributed by atoms with Crippen molar-refractivity contribution in [3.8, 4) is 0 Å². The molecular formula is C8H18NO2S. The molecule has 0 aliphatic carbocycles. The van der Waals surface area contributed by atoms with E-state index in [-0.39, 0.29) is 0 Å². The second-order valence-corrected chi connectivity index (χ2v) is 4.76. The molecule has 0 saturated carbocycles. The van der Waals surface area contributed by atoms with Crippen molar-refractivity contribution in [1.82, 2.24) is 4.72 Å². The summed E-state index contributed by atoms with van der Waals surface area (Å²) < 4.78 is 23.7. The molecule has 12 heavy (non-hydrogen) atoms. The van der Waals surface area contributed by atoms with Crippen molar-refractivity contribution in [2.24, 2.45) is 0 Å². The highest BCUT2D eigenvalue weighted by molar-refractivity contribution is 7.88. The van der Waals surface area contributed by atoms with Crippen LogP contribution < -0.4 is 4.72 Å². The maximum atomic E-state index is 10.6. The molecule has 0 aromatic carbocycles. The van der Waals surface area contributed by atoms with Crippen LogP contribution in [0.25, 0.3) is 0 Å². The third-order valence-corrected chi connectivity index (χ3v) is 2.26. The van der Waals surface area contributed by atoms with Crippen LogP contribution in [0, 0.1) is 6.42 Å². The maximum absolute atomic E-state index is 10.6. The molecule has 1 N–H and O–H groups in total. The van der Waals surface area contributed by atoms with Crippen LogP contribution in [0.3, 0.4) is 0 Å². The minimum atomic E-state index is -2.97. The van der Waals surface area contributed by atoms with Crippen molar-refractivity contribution >= 4 is 10.0 Å². The highest BCUT2D eigenvalue weighted by Crippen LogP contribution is 2.00. The normalized spacial score (nSPS) is 11.8. The second kappa shape index (κ2) is 6.43. The first-order valence-electron chi connectivity index (χ1n) is 4.28. The van der Waals surface area contributed by atoms with Gasteiger partial charge < -0.3 is 0 Å². The van der Waals surface area contributed by atoms with Gasteiger partial charge in [-0.2, -0.15) is 0 Å². The molecule has 0 amide bonds. The number of sulfonamides is 1. The Labute approximate surface area is 75.6 Å². The van der Waals surface area contributed by atoms with Gasteiger partial charge in [0.05, 0.1) is 6.26 Å². The summed E-state index contributed by atoms with van der Waals surface area (Å²) in [7, 11) is -2.97. The van der Waals surface area contributed by atoms with Crippen LogP contribution in [0.15, 0.2) is 0 Å². The Morgan fingerprint density at radius 1 is 1.25 bits per heavy atom. The average Bonchev–Trinajstić information content (AvgIpc) is 1.94. The Hall–Kier alpha value is -0.0900. The van der Waals surface area contributed by atoms with Crippen molar-refractivity contribution in [1.29, 1.82) is 0 Å². The molecule has 0 aliphatic heterocycles. The van der Waals surface area contributed by atoms with E-state index in [1.165, 1.54) is 6.26 Å². The number of unbranched alkanes of at least 4 members (excludes halogenated alkanes) is 4. The summed E-state index contributed by atoms with van der Waals surface area (Å²) in [6.07, 6.45) is 7.62. The van der Waals surface area contributed by atoms with E-state index in [9.17, 15) is 8.42 Å². The molecule has 0 heterocycles. The fraction of sp³-hybridized carbons (Fsp3) is 0.875. The molecule has 0 aliphatic rings. The Kier molecular flexibility index (Phi) is 6.38. The number of rotatable bonds is 7. The fourth-order valence-corrected chi connectivity index (χ4v) is 1.42. The molecule has 0 aromatic rings. The van der Waals surface area contributed by atoms with Crippen LogP contribution >= 0.6 is 0 Å². The van der Waals surface area contributed by atoms with Crippen LogP contribution in [0.4, 0.5) is 0 Å². The van der Waals surface area contributed by atoms with Crippen molar-refractivity contribution in [2.75, 3.05) is 12.8 Å². The van der Waals surface area contributed by atoms with Gasteiger partial charge in [-0.3, -0.25) is 0 Å². The second-order valence-electron chi connectivity index (χ2n) is 2.92. The molecule has 0 spiro atoms. The topological polar surface area (TPSA) is 46.2 Å². The zero-order valence-corrected chi connectivity index (χ0v) is 8.65. The summed E-state index contributed by atoms with van der Waals surface area (Å²) in [6, 6.07) is 0. The van der Waals surface area contributed by atoms with Crippen LogP contribution in [0.2, 0.25) is 0 Å². The predicted molar refractivity (Wildman–Crippen MR) is 51.3 cm³/mol. The average molecular weight is 192 g/mol. The Balaban J connectivity index is 3.12. The third-order valence-electron chi connectivity index (χ3n) is 1.53. The first-order chi connectivity index (χ1) is 5.56. The quantitative estimate of drug-likeness (QED) is 0.618. The molecule has 0 saturated heterocycles. The molecule has 0 unspecified atom stereocenters. The van der Waals surface area contributed by atoms with Gasteiger partial charge in [0, 0.05) is 6.54 Å². The Bertz CT molecular complexity index is 187. The highest BCUT2D eigenvalue weighted by Gasteiger charge is 1.97. The largest absolute Gasteiger partial charge is 0.215 e. The van der Waals surface area contributed by atoms with Crippen LogP contribution in [-0.2, 0) is 10.0 Å².